The lowest BCUT2D eigenvalue weighted by Crippen LogP contribution is -2.46. The minimum absolute atomic E-state index is 0.0483. The fraction of sp³-hybridized carbons (Fsp3) is 0.348. The lowest BCUT2D eigenvalue weighted by atomic mass is 9.91. The Bertz CT molecular complexity index is 1200. The van der Waals surface area contributed by atoms with Gasteiger partial charge in [0.05, 0.1) is 19.1 Å². The van der Waals surface area contributed by atoms with E-state index in [-0.39, 0.29) is 5.69 Å². The highest BCUT2D eigenvalue weighted by molar-refractivity contribution is 6.10. The van der Waals surface area contributed by atoms with Crippen LogP contribution in [-0.4, -0.2) is 55.0 Å². The molecule has 34 heavy (non-hydrogen) atoms. The van der Waals surface area contributed by atoms with Crippen LogP contribution >= 0.6 is 0 Å². The van der Waals surface area contributed by atoms with Crippen LogP contribution in [-0.2, 0) is 21.5 Å². The van der Waals surface area contributed by atoms with Crippen molar-refractivity contribution in [1.82, 2.24) is 10.2 Å². The number of fused-ring (bicyclic) bond motifs is 1. The maximum atomic E-state index is 13.3. The number of non-ortho nitro benzene ring substituents is 1. The number of nitrogens with one attached hydrogen (secondary N) is 1. The van der Waals surface area contributed by atoms with Gasteiger partial charge in [0.1, 0.15) is 12.1 Å². The average molecular weight is 468 g/mol. The van der Waals surface area contributed by atoms with Crippen molar-refractivity contribution < 1.29 is 28.8 Å². The summed E-state index contributed by atoms with van der Waals surface area (Å²) in [7, 11) is 2.96. The number of ether oxygens (including phenoxy) is 2. The first-order chi connectivity index (χ1) is 16.2. The molecule has 0 aromatic heterocycles. The minimum Gasteiger partial charge on any atom is -0.493 e. The van der Waals surface area contributed by atoms with Crippen LogP contribution in [0.4, 0.5) is 16.2 Å². The van der Waals surface area contributed by atoms with Crippen LogP contribution in [0.5, 0.6) is 11.5 Å². The molecule has 2 heterocycles. The Labute approximate surface area is 195 Å². The minimum atomic E-state index is -1.39. The van der Waals surface area contributed by atoms with Gasteiger partial charge in [-0.2, -0.15) is 0 Å². The van der Waals surface area contributed by atoms with Gasteiger partial charge in [-0.1, -0.05) is 6.07 Å². The zero-order valence-corrected chi connectivity index (χ0v) is 19.0. The number of benzene rings is 2. The van der Waals surface area contributed by atoms with Crippen molar-refractivity contribution in [2.45, 2.75) is 25.3 Å². The van der Waals surface area contributed by atoms with E-state index in [1.54, 1.807) is 25.1 Å². The Morgan fingerprint density at radius 3 is 2.56 bits per heavy atom. The maximum Gasteiger partial charge on any atom is 0.325 e. The number of methoxy groups -OCH3 is 2. The number of anilines is 1. The van der Waals surface area contributed by atoms with Crippen molar-refractivity contribution in [2.75, 3.05) is 32.2 Å². The number of imide groups is 1. The summed E-state index contributed by atoms with van der Waals surface area (Å²) >= 11 is 0. The van der Waals surface area contributed by atoms with E-state index in [0.717, 1.165) is 4.90 Å². The van der Waals surface area contributed by atoms with Gasteiger partial charge in [-0.15, -0.1) is 0 Å². The van der Waals surface area contributed by atoms with Gasteiger partial charge < -0.3 is 19.7 Å². The average Bonchev–Trinajstić information content (AvgIpc) is 3.06. The highest BCUT2D eigenvalue weighted by atomic mass is 16.6. The summed E-state index contributed by atoms with van der Waals surface area (Å²) in [6.07, 6.45) is 1.21. The van der Waals surface area contributed by atoms with Crippen molar-refractivity contribution in [2.24, 2.45) is 0 Å². The number of carbonyl (C=O) groups excluding carboxylic acids is 3. The van der Waals surface area contributed by atoms with E-state index in [9.17, 15) is 24.5 Å². The molecule has 1 atom stereocenters. The summed E-state index contributed by atoms with van der Waals surface area (Å²) in [5, 5.41) is 13.8. The zero-order valence-electron chi connectivity index (χ0n) is 19.0. The number of urea groups is 1. The van der Waals surface area contributed by atoms with E-state index in [0.29, 0.717) is 47.7 Å². The van der Waals surface area contributed by atoms with Crippen LogP contribution < -0.4 is 19.7 Å². The van der Waals surface area contributed by atoms with Gasteiger partial charge >= 0.3 is 6.03 Å². The van der Waals surface area contributed by atoms with Crippen molar-refractivity contribution >= 4 is 29.2 Å². The Hall–Kier alpha value is -4.15. The lowest BCUT2D eigenvalue weighted by molar-refractivity contribution is -0.384. The number of rotatable bonds is 6. The molecular formula is C23H24N4O7. The van der Waals surface area contributed by atoms with Gasteiger partial charge in [-0.3, -0.25) is 24.6 Å². The lowest BCUT2D eigenvalue weighted by Gasteiger charge is -2.30. The molecule has 1 fully saturated rings. The summed E-state index contributed by atoms with van der Waals surface area (Å²) in [5.74, 6) is -0.145. The molecule has 4 rings (SSSR count). The van der Waals surface area contributed by atoms with E-state index in [2.05, 4.69) is 5.32 Å². The second-order valence-electron chi connectivity index (χ2n) is 8.24. The number of nitrogens with zero attached hydrogens (tertiary/aromatic N) is 3. The molecule has 4 amide bonds. The third-order valence-corrected chi connectivity index (χ3v) is 6.22. The molecule has 178 valence electrons. The van der Waals surface area contributed by atoms with Crippen molar-refractivity contribution in [3.05, 3.63) is 57.6 Å². The summed E-state index contributed by atoms with van der Waals surface area (Å²) in [6.45, 7) is 1.50. The Morgan fingerprint density at radius 1 is 1.15 bits per heavy atom. The van der Waals surface area contributed by atoms with Gasteiger partial charge in [0.15, 0.2) is 11.5 Å². The summed E-state index contributed by atoms with van der Waals surface area (Å²) in [4.78, 5) is 52.1. The highest BCUT2D eigenvalue weighted by Crippen LogP contribution is 2.36. The van der Waals surface area contributed by atoms with E-state index in [1.165, 1.54) is 37.3 Å². The zero-order chi connectivity index (χ0) is 24.6. The standard InChI is InChI=1S/C23H24N4O7/c1-23(15-6-9-18(33-2)19(12-15)34-3)21(29)26(22(30)24-23)13-20(28)25-10-4-5-14-11-16(27(31)32)7-8-17(14)25/h6-9,11-12H,4-5,10,13H2,1-3H3,(H,24,30)/t23-/m0/s1. The predicted octanol–water partition coefficient (Wildman–Crippen LogP) is 2.36. The van der Waals surface area contributed by atoms with Crippen molar-refractivity contribution in [3.63, 3.8) is 0 Å². The molecule has 0 radical (unpaired) electrons. The van der Waals surface area contributed by atoms with Crippen LogP contribution in [0.25, 0.3) is 0 Å². The van der Waals surface area contributed by atoms with Crippen LogP contribution in [0, 0.1) is 10.1 Å². The number of aryl methyl sites for hydroxylation is 1. The number of hydrogen-bond donors (Lipinski definition) is 1. The normalized spacial score (nSPS) is 19.5. The topological polar surface area (TPSA) is 131 Å². The molecule has 0 unspecified atom stereocenters. The molecule has 0 saturated carbocycles. The molecule has 0 aliphatic carbocycles. The highest BCUT2D eigenvalue weighted by Gasteiger charge is 2.50. The molecule has 2 aliphatic heterocycles. The first kappa shape index (κ1) is 23.0. The Kier molecular flexibility index (Phi) is 5.86. The maximum absolute atomic E-state index is 13.3. The molecule has 1 N–H and O–H groups in total. The Balaban J connectivity index is 1.57. The number of nitro groups is 1. The third kappa shape index (κ3) is 3.78. The molecular weight excluding hydrogens is 444 g/mol. The second-order valence-corrected chi connectivity index (χ2v) is 8.24. The van der Waals surface area contributed by atoms with Crippen LogP contribution in [0.3, 0.4) is 0 Å². The van der Waals surface area contributed by atoms with E-state index < -0.39 is 34.9 Å². The number of nitro benzene ring substituents is 1. The Morgan fingerprint density at radius 2 is 1.88 bits per heavy atom. The molecule has 2 aromatic carbocycles. The molecule has 11 nitrogen and oxygen atoms in total. The van der Waals surface area contributed by atoms with E-state index in [1.807, 2.05) is 0 Å². The molecule has 2 aliphatic rings. The molecule has 0 bridgehead atoms. The fourth-order valence-corrected chi connectivity index (χ4v) is 4.36. The first-order valence-electron chi connectivity index (χ1n) is 10.6. The molecule has 1 saturated heterocycles. The number of hydrogen-bond acceptors (Lipinski definition) is 7. The predicted molar refractivity (Wildman–Crippen MR) is 121 cm³/mol. The van der Waals surface area contributed by atoms with Gasteiger partial charge in [0, 0.05) is 24.4 Å². The summed E-state index contributed by atoms with van der Waals surface area (Å²) in [6, 6.07) is 8.54. The van der Waals surface area contributed by atoms with Crippen molar-refractivity contribution in [3.8, 4) is 11.5 Å². The summed E-state index contributed by atoms with van der Waals surface area (Å²) < 4.78 is 10.5. The van der Waals surface area contributed by atoms with E-state index in [4.69, 9.17) is 9.47 Å². The largest absolute Gasteiger partial charge is 0.493 e. The second kappa shape index (κ2) is 8.65. The van der Waals surface area contributed by atoms with Crippen LogP contribution in [0.1, 0.15) is 24.5 Å². The third-order valence-electron chi connectivity index (χ3n) is 6.22. The van der Waals surface area contributed by atoms with E-state index >= 15 is 0 Å². The van der Waals surface area contributed by atoms with Crippen molar-refractivity contribution in [1.29, 1.82) is 0 Å². The molecule has 2 aromatic rings. The van der Waals surface area contributed by atoms with Gasteiger partial charge in [-0.05, 0) is 49.1 Å². The van der Waals surface area contributed by atoms with Crippen LogP contribution in [0.15, 0.2) is 36.4 Å². The quantitative estimate of drug-likeness (QED) is 0.391. The number of amides is 4. The fourth-order valence-electron chi connectivity index (χ4n) is 4.36. The molecule has 0 spiro atoms. The SMILES string of the molecule is COc1ccc([C@]2(C)NC(=O)N(CC(=O)N3CCCc4cc([N+](=O)[O-])ccc43)C2=O)cc1OC. The number of carbonyl (C=O) groups is 3. The smallest absolute Gasteiger partial charge is 0.325 e. The monoisotopic (exact) mass is 468 g/mol. The first-order valence-corrected chi connectivity index (χ1v) is 10.6. The van der Waals surface area contributed by atoms with Gasteiger partial charge in [-0.25, -0.2) is 4.79 Å². The molecule has 11 heteroatoms. The summed E-state index contributed by atoms with van der Waals surface area (Å²) in [5.41, 5.74) is 0.275. The van der Waals surface area contributed by atoms with Gasteiger partial charge in [0.25, 0.3) is 11.6 Å². The van der Waals surface area contributed by atoms with Crippen LogP contribution in [0.2, 0.25) is 0 Å². The van der Waals surface area contributed by atoms with Gasteiger partial charge in [0.2, 0.25) is 5.91 Å².